The fourth-order valence-corrected chi connectivity index (χ4v) is 4.09. The Morgan fingerprint density at radius 3 is 2.80 bits per heavy atom. The highest BCUT2D eigenvalue weighted by Gasteiger charge is 2.21. The smallest absolute Gasteiger partial charge is 0.127 e. The van der Waals surface area contributed by atoms with Crippen LogP contribution in [0.2, 0.25) is 0 Å². The normalized spacial score (nSPS) is 15.0. The van der Waals surface area contributed by atoms with Crippen LogP contribution in [0.1, 0.15) is 29.2 Å². The Kier molecular flexibility index (Phi) is 4.98. The minimum Gasteiger partial charge on any atom is -0.497 e. The number of anilines is 1. The summed E-state index contributed by atoms with van der Waals surface area (Å²) in [6, 6.07) is 27.1. The Balaban J connectivity index is 1.29. The van der Waals surface area contributed by atoms with Gasteiger partial charge in [0.2, 0.25) is 0 Å². The van der Waals surface area contributed by atoms with Gasteiger partial charge in [0.25, 0.3) is 0 Å². The monoisotopic (exact) mass is 396 g/mol. The fraction of sp³-hybridized carbons (Fsp3) is 0.192. The quantitative estimate of drug-likeness (QED) is 0.439. The van der Waals surface area contributed by atoms with Gasteiger partial charge in [-0.15, -0.1) is 0 Å². The van der Waals surface area contributed by atoms with Gasteiger partial charge in [0, 0.05) is 5.39 Å². The van der Waals surface area contributed by atoms with Crippen molar-refractivity contribution in [1.29, 1.82) is 0 Å². The maximum absolute atomic E-state index is 5.98. The Morgan fingerprint density at radius 2 is 1.87 bits per heavy atom. The third-order valence-electron chi connectivity index (χ3n) is 5.66. The fourth-order valence-electron chi connectivity index (χ4n) is 4.09. The zero-order chi connectivity index (χ0) is 20.3. The molecule has 1 unspecified atom stereocenters. The van der Waals surface area contributed by atoms with Crippen LogP contribution in [0.3, 0.4) is 0 Å². The number of hydrogen-bond donors (Lipinski definition) is 1. The Morgan fingerprint density at radius 1 is 0.933 bits per heavy atom. The van der Waals surface area contributed by atoms with Crippen LogP contribution >= 0.6 is 0 Å². The first-order valence-corrected chi connectivity index (χ1v) is 10.3. The molecule has 0 amide bonds. The third kappa shape index (κ3) is 3.81. The standard InChI is InChI=1S/C26H24N2O2/c1-29-21-7-4-5-18(15-21)17-30-22-11-13-24-20(16-22)10-14-26(27-24)28-25-12-9-19-6-2-3-8-23(19)25/h2-8,10-11,13-16,25H,9,12,17H2,1H3,(H,27,28). The molecule has 0 radical (unpaired) electrons. The van der Waals surface area contributed by atoms with E-state index >= 15 is 0 Å². The molecule has 0 saturated heterocycles. The molecule has 0 fully saturated rings. The number of benzene rings is 3. The Hall–Kier alpha value is -3.53. The molecule has 1 atom stereocenters. The lowest BCUT2D eigenvalue weighted by Gasteiger charge is -2.15. The molecule has 150 valence electrons. The minimum atomic E-state index is 0.330. The predicted molar refractivity (Wildman–Crippen MR) is 120 cm³/mol. The van der Waals surface area contributed by atoms with Crippen molar-refractivity contribution < 1.29 is 9.47 Å². The van der Waals surface area contributed by atoms with Crippen LogP contribution < -0.4 is 14.8 Å². The summed E-state index contributed by atoms with van der Waals surface area (Å²) in [5, 5.41) is 4.67. The maximum atomic E-state index is 5.98. The van der Waals surface area contributed by atoms with Crippen LogP contribution in [0.25, 0.3) is 10.9 Å². The summed E-state index contributed by atoms with van der Waals surface area (Å²) in [6.45, 7) is 0.497. The maximum Gasteiger partial charge on any atom is 0.127 e. The number of pyridine rings is 1. The van der Waals surface area contributed by atoms with E-state index < -0.39 is 0 Å². The van der Waals surface area contributed by atoms with Gasteiger partial charge < -0.3 is 14.8 Å². The van der Waals surface area contributed by atoms with Gasteiger partial charge in [-0.3, -0.25) is 0 Å². The molecule has 1 aliphatic rings. The summed E-state index contributed by atoms with van der Waals surface area (Å²) in [5.74, 6) is 2.58. The molecule has 4 aromatic rings. The van der Waals surface area contributed by atoms with Crippen molar-refractivity contribution in [1.82, 2.24) is 4.98 Å². The number of methoxy groups -OCH3 is 1. The van der Waals surface area contributed by atoms with E-state index in [0.29, 0.717) is 12.6 Å². The molecular weight excluding hydrogens is 372 g/mol. The van der Waals surface area contributed by atoms with Gasteiger partial charge in [-0.25, -0.2) is 4.98 Å². The van der Waals surface area contributed by atoms with Crippen molar-refractivity contribution in [3.8, 4) is 11.5 Å². The lowest BCUT2D eigenvalue weighted by atomic mass is 10.1. The number of ether oxygens (including phenoxy) is 2. The molecule has 1 heterocycles. The molecule has 0 saturated carbocycles. The van der Waals surface area contributed by atoms with Gasteiger partial charge in [0.05, 0.1) is 18.7 Å². The molecule has 4 nitrogen and oxygen atoms in total. The Bertz CT molecular complexity index is 1190. The molecular formula is C26H24N2O2. The number of nitrogens with one attached hydrogen (secondary N) is 1. The number of rotatable bonds is 6. The molecule has 4 heteroatoms. The van der Waals surface area contributed by atoms with E-state index in [1.54, 1.807) is 7.11 Å². The summed E-state index contributed by atoms with van der Waals surface area (Å²) in [4.78, 5) is 4.81. The molecule has 0 bridgehead atoms. The highest BCUT2D eigenvalue weighted by Crippen LogP contribution is 2.33. The first-order valence-electron chi connectivity index (χ1n) is 10.3. The van der Waals surface area contributed by atoms with Gasteiger partial charge in [-0.1, -0.05) is 36.4 Å². The van der Waals surface area contributed by atoms with Crippen LogP contribution in [0, 0.1) is 0 Å². The van der Waals surface area contributed by atoms with Gasteiger partial charge in [-0.2, -0.15) is 0 Å². The zero-order valence-electron chi connectivity index (χ0n) is 17.0. The van der Waals surface area contributed by atoms with E-state index in [1.807, 2.05) is 42.5 Å². The number of aromatic nitrogens is 1. The molecule has 1 aliphatic carbocycles. The average Bonchev–Trinajstić information content (AvgIpc) is 3.20. The molecule has 0 spiro atoms. The molecule has 30 heavy (non-hydrogen) atoms. The average molecular weight is 396 g/mol. The van der Waals surface area contributed by atoms with Crippen molar-refractivity contribution in [2.75, 3.05) is 12.4 Å². The van der Waals surface area contributed by atoms with E-state index in [9.17, 15) is 0 Å². The van der Waals surface area contributed by atoms with Crippen molar-refractivity contribution in [3.63, 3.8) is 0 Å². The summed E-state index contributed by atoms with van der Waals surface area (Å²) < 4.78 is 11.3. The lowest BCUT2D eigenvalue weighted by Crippen LogP contribution is -2.08. The zero-order valence-corrected chi connectivity index (χ0v) is 17.0. The molecule has 1 N–H and O–H groups in total. The van der Waals surface area contributed by atoms with Crippen molar-refractivity contribution in [2.45, 2.75) is 25.5 Å². The summed E-state index contributed by atoms with van der Waals surface area (Å²) >= 11 is 0. The minimum absolute atomic E-state index is 0.330. The lowest BCUT2D eigenvalue weighted by molar-refractivity contribution is 0.305. The van der Waals surface area contributed by atoms with E-state index in [-0.39, 0.29) is 0 Å². The SMILES string of the molecule is COc1cccc(COc2ccc3nc(NC4CCc5ccccc54)ccc3c2)c1. The predicted octanol–water partition coefficient (Wildman–Crippen LogP) is 5.92. The van der Waals surface area contributed by atoms with Gasteiger partial charge >= 0.3 is 0 Å². The van der Waals surface area contributed by atoms with E-state index in [4.69, 9.17) is 14.5 Å². The summed E-state index contributed by atoms with van der Waals surface area (Å²) in [7, 11) is 1.67. The second kappa shape index (κ2) is 8.07. The van der Waals surface area contributed by atoms with Crippen LogP contribution in [0.15, 0.2) is 78.9 Å². The number of nitrogens with zero attached hydrogens (tertiary/aromatic N) is 1. The first kappa shape index (κ1) is 18.5. The number of hydrogen-bond acceptors (Lipinski definition) is 4. The van der Waals surface area contributed by atoms with Gasteiger partial charge in [-0.05, 0) is 72.0 Å². The molecule has 3 aromatic carbocycles. The van der Waals surface area contributed by atoms with E-state index in [0.717, 1.165) is 46.6 Å². The topological polar surface area (TPSA) is 43.4 Å². The first-order chi connectivity index (χ1) is 14.8. The second-order valence-corrected chi connectivity index (χ2v) is 7.63. The van der Waals surface area contributed by atoms with Crippen molar-refractivity contribution >= 4 is 16.7 Å². The van der Waals surface area contributed by atoms with Crippen LogP contribution in [-0.2, 0) is 13.0 Å². The van der Waals surface area contributed by atoms with E-state index in [2.05, 4.69) is 41.7 Å². The van der Waals surface area contributed by atoms with Gasteiger partial charge in [0.15, 0.2) is 0 Å². The third-order valence-corrected chi connectivity index (χ3v) is 5.66. The van der Waals surface area contributed by atoms with Gasteiger partial charge in [0.1, 0.15) is 23.9 Å². The van der Waals surface area contributed by atoms with Crippen LogP contribution in [0.5, 0.6) is 11.5 Å². The Labute approximate surface area is 176 Å². The summed E-state index contributed by atoms with van der Waals surface area (Å²) in [5.41, 5.74) is 4.86. The highest BCUT2D eigenvalue weighted by molar-refractivity contribution is 5.81. The number of fused-ring (bicyclic) bond motifs is 2. The van der Waals surface area contributed by atoms with E-state index in [1.165, 1.54) is 11.1 Å². The van der Waals surface area contributed by atoms with Crippen molar-refractivity contribution in [3.05, 3.63) is 95.6 Å². The largest absolute Gasteiger partial charge is 0.497 e. The molecule has 1 aromatic heterocycles. The summed E-state index contributed by atoms with van der Waals surface area (Å²) in [6.07, 6.45) is 2.23. The highest BCUT2D eigenvalue weighted by atomic mass is 16.5. The van der Waals surface area contributed by atoms with Crippen LogP contribution in [0.4, 0.5) is 5.82 Å². The van der Waals surface area contributed by atoms with Crippen LogP contribution in [-0.4, -0.2) is 12.1 Å². The molecule has 5 rings (SSSR count). The second-order valence-electron chi connectivity index (χ2n) is 7.63. The van der Waals surface area contributed by atoms with Crippen molar-refractivity contribution in [2.24, 2.45) is 0 Å². The number of aryl methyl sites for hydroxylation is 1. The molecule has 0 aliphatic heterocycles.